The van der Waals surface area contributed by atoms with Crippen LogP contribution in [-0.2, 0) is 9.84 Å². The molecule has 2 heterocycles. The van der Waals surface area contributed by atoms with Crippen molar-refractivity contribution in [1.29, 1.82) is 0 Å². The van der Waals surface area contributed by atoms with Crippen LogP contribution in [0.1, 0.15) is 0 Å². The highest BCUT2D eigenvalue weighted by Crippen LogP contribution is 2.44. The normalized spacial score (nSPS) is 12.8. The van der Waals surface area contributed by atoms with Gasteiger partial charge >= 0.3 is 0 Å². The van der Waals surface area contributed by atoms with Gasteiger partial charge in [-0.05, 0) is 40.5 Å². The Hall–Kier alpha value is -5.72. The summed E-state index contributed by atoms with van der Waals surface area (Å²) in [6, 6.07) is 49.0. The van der Waals surface area contributed by atoms with Gasteiger partial charge in [-0.25, -0.2) is 23.4 Å². The minimum Gasteiger partial charge on any atom is -0.218 e. The molecule has 7 aromatic rings. The van der Waals surface area contributed by atoms with Crippen LogP contribution in [0.2, 0.25) is 0 Å². The molecule has 45 heavy (non-hydrogen) atoms. The second-order valence-corrected chi connectivity index (χ2v) is 12.8. The molecule has 0 N–H and O–H groups in total. The average molecular weight is 600 g/mol. The van der Waals surface area contributed by atoms with Gasteiger partial charge in [-0.1, -0.05) is 133 Å². The van der Waals surface area contributed by atoms with Crippen molar-refractivity contribution in [2.45, 2.75) is 9.79 Å². The van der Waals surface area contributed by atoms with Crippen molar-refractivity contribution in [1.82, 2.24) is 15.0 Å². The topological polar surface area (TPSA) is 72.8 Å². The highest BCUT2D eigenvalue weighted by molar-refractivity contribution is 7.92. The molecule has 6 heteroatoms. The number of fused-ring (bicyclic) bond motifs is 3. The number of benzene rings is 6. The second kappa shape index (κ2) is 10.8. The van der Waals surface area contributed by atoms with E-state index in [4.69, 9.17) is 15.0 Å². The molecule has 8 rings (SSSR count). The molecule has 6 aromatic carbocycles. The van der Waals surface area contributed by atoms with Gasteiger partial charge in [-0.15, -0.1) is 0 Å². The fourth-order valence-electron chi connectivity index (χ4n) is 5.82. The van der Waals surface area contributed by atoms with E-state index in [0.717, 1.165) is 50.1 Å². The lowest BCUT2D eigenvalue weighted by Crippen LogP contribution is -2.00. The van der Waals surface area contributed by atoms with Gasteiger partial charge in [0, 0.05) is 27.8 Å². The zero-order chi connectivity index (χ0) is 30.4. The molecule has 5 nitrogen and oxygen atoms in total. The maximum absolute atomic E-state index is 13.4. The number of aromatic nitrogens is 3. The minimum absolute atomic E-state index is 0.333. The van der Waals surface area contributed by atoms with E-state index in [2.05, 4.69) is 24.3 Å². The molecule has 1 aliphatic rings. The van der Waals surface area contributed by atoms with Gasteiger partial charge < -0.3 is 0 Å². The van der Waals surface area contributed by atoms with E-state index in [9.17, 15) is 8.42 Å². The third-order valence-corrected chi connectivity index (χ3v) is 9.96. The van der Waals surface area contributed by atoms with Gasteiger partial charge in [0.05, 0.1) is 9.79 Å². The maximum Gasteiger partial charge on any atom is 0.207 e. The summed E-state index contributed by atoms with van der Waals surface area (Å²) in [5.74, 6) is 1.69. The molecule has 0 radical (unpaired) electrons. The molecule has 0 atom stereocenters. The lowest BCUT2D eigenvalue weighted by Gasteiger charge is -2.11. The van der Waals surface area contributed by atoms with Crippen molar-refractivity contribution >= 4 is 9.84 Å². The highest BCUT2D eigenvalue weighted by Gasteiger charge is 2.32. The lowest BCUT2D eigenvalue weighted by molar-refractivity contribution is 0.598. The SMILES string of the molecule is O=S1(=O)c2ccccc2-c2ccc(-c3cccc(-c4nc(-c5ccccc5)nc(-c5ccc(-c6ccccc6)cc5)n4)c3)cc21. The number of nitrogens with zero attached hydrogens (tertiary/aromatic N) is 3. The summed E-state index contributed by atoms with van der Waals surface area (Å²) in [7, 11) is -3.58. The van der Waals surface area contributed by atoms with Crippen molar-refractivity contribution < 1.29 is 8.42 Å². The van der Waals surface area contributed by atoms with E-state index >= 15 is 0 Å². The Balaban J connectivity index is 1.21. The molecular formula is C39H25N3O2S. The number of rotatable bonds is 5. The number of hydrogen-bond acceptors (Lipinski definition) is 5. The molecule has 0 saturated heterocycles. The van der Waals surface area contributed by atoms with Crippen molar-refractivity contribution in [2.75, 3.05) is 0 Å². The zero-order valence-corrected chi connectivity index (χ0v) is 24.8. The molecule has 1 aliphatic heterocycles. The molecule has 1 aromatic heterocycles. The van der Waals surface area contributed by atoms with Crippen LogP contribution >= 0.6 is 0 Å². The molecule has 0 amide bonds. The van der Waals surface area contributed by atoms with Crippen LogP contribution in [0.3, 0.4) is 0 Å². The Morgan fingerprint density at radius 2 is 0.778 bits per heavy atom. The fraction of sp³-hybridized carbons (Fsp3) is 0. The number of sulfone groups is 1. The Morgan fingerprint density at radius 1 is 0.333 bits per heavy atom. The summed E-state index contributed by atoms with van der Waals surface area (Å²) in [6.07, 6.45) is 0. The first-order valence-electron chi connectivity index (χ1n) is 14.6. The van der Waals surface area contributed by atoms with E-state index in [1.165, 1.54) is 0 Å². The Kier molecular flexibility index (Phi) is 6.43. The van der Waals surface area contributed by atoms with Crippen LogP contribution < -0.4 is 0 Å². The quantitative estimate of drug-likeness (QED) is 0.197. The minimum atomic E-state index is -3.58. The second-order valence-electron chi connectivity index (χ2n) is 10.9. The van der Waals surface area contributed by atoms with Gasteiger partial charge in [0.1, 0.15) is 0 Å². The molecule has 0 unspecified atom stereocenters. The van der Waals surface area contributed by atoms with Crippen LogP contribution in [0.15, 0.2) is 161 Å². The predicted molar refractivity (Wildman–Crippen MR) is 178 cm³/mol. The van der Waals surface area contributed by atoms with Gasteiger partial charge in [0.25, 0.3) is 0 Å². The molecule has 0 saturated carbocycles. The summed E-state index contributed by atoms with van der Waals surface area (Å²) >= 11 is 0. The smallest absolute Gasteiger partial charge is 0.207 e. The van der Waals surface area contributed by atoms with E-state index in [-0.39, 0.29) is 0 Å². The van der Waals surface area contributed by atoms with Gasteiger partial charge in [-0.2, -0.15) is 0 Å². The first-order valence-corrected chi connectivity index (χ1v) is 16.1. The Morgan fingerprint density at radius 3 is 1.49 bits per heavy atom. The fourth-order valence-corrected chi connectivity index (χ4v) is 7.53. The summed E-state index contributed by atoms with van der Waals surface area (Å²) in [4.78, 5) is 15.4. The van der Waals surface area contributed by atoms with E-state index in [1.807, 2.05) is 109 Å². The van der Waals surface area contributed by atoms with Crippen LogP contribution in [0.5, 0.6) is 0 Å². The molecule has 214 valence electrons. The Bertz CT molecular complexity index is 2320. The summed E-state index contributed by atoms with van der Waals surface area (Å²) in [6.45, 7) is 0. The van der Waals surface area contributed by atoms with Crippen molar-refractivity contribution in [3.63, 3.8) is 0 Å². The maximum atomic E-state index is 13.4. The first kappa shape index (κ1) is 26.9. The summed E-state index contributed by atoms with van der Waals surface area (Å²) in [5.41, 5.74) is 8.00. The largest absolute Gasteiger partial charge is 0.218 e. The first-order chi connectivity index (χ1) is 22.0. The highest BCUT2D eigenvalue weighted by atomic mass is 32.2. The molecular weight excluding hydrogens is 575 g/mol. The van der Waals surface area contributed by atoms with E-state index in [0.29, 0.717) is 27.3 Å². The van der Waals surface area contributed by atoms with E-state index in [1.54, 1.807) is 18.2 Å². The third kappa shape index (κ3) is 4.82. The van der Waals surface area contributed by atoms with Crippen molar-refractivity contribution in [3.8, 4) is 67.5 Å². The zero-order valence-electron chi connectivity index (χ0n) is 24.0. The molecule has 0 fully saturated rings. The van der Waals surface area contributed by atoms with Gasteiger partial charge in [0.15, 0.2) is 17.5 Å². The van der Waals surface area contributed by atoms with Crippen molar-refractivity contribution in [2.24, 2.45) is 0 Å². The standard InChI is InChI=1S/C39H25N3O2S/c43-45(44)35-17-8-7-16-33(35)34-23-22-31(25-36(34)45)30-14-9-15-32(24-30)39-41-37(28-12-5-2-6-13-28)40-38(42-39)29-20-18-27(19-21-29)26-10-3-1-4-11-26/h1-25H. The monoisotopic (exact) mass is 599 g/mol. The summed E-state index contributed by atoms with van der Waals surface area (Å²) in [5, 5.41) is 0. The van der Waals surface area contributed by atoms with Gasteiger partial charge in [-0.3, -0.25) is 0 Å². The number of hydrogen-bond donors (Lipinski definition) is 0. The molecule has 0 spiro atoms. The van der Waals surface area contributed by atoms with Gasteiger partial charge in [0.2, 0.25) is 9.84 Å². The van der Waals surface area contributed by atoms with E-state index < -0.39 is 9.84 Å². The Labute approximate surface area is 261 Å². The van der Waals surface area contributed by atoms with Crippen molar-refractivity contribution in [3.05, 3.63) is 152 Å². The molecule has 0 aliphatic carbocycles. The third-order valence-electron chi connectivity index (χ3n) is 8.11. The summed E-state index contributed by atoms with van der Waals surface area (Å²) < 4.78 is 26.7. The van der Waals surface area contributed by atoms with Crippen LogP contribution in [-0.4, -0.2) is 23.4 Å². The van der Waals surface area contributed by atoms with Crippen LogP contribution in [0, 0.1) is 0 Å². The lowest BCUT2D eigenvalue weighted by atomic mass is 9.99. The average Bonchev–Trinajstić information content (AvgIpc) is 3.34. The molecule has 0 bridgehead atoms. The van der Waals surface area contributed by atoms with Crippen LogP contribution in [0.25, 0.3) is 67.5 Å². The predicted octanol–water partition coefficient (Wildman–Crippen LogP) is 9.02. The van der Waals surface area contributed by atoms with Crippen LogP contribution in [0.4, 0.5) is 0 Å².